The van der Waals surface area contributed by atoms with E-state index in [0.717, 1.165) is 0 Å². The van der Waals surface area contributed by atoms with Gasteiger partial charge in [-0.2, -0.15) is 0 Å². The molecule has 0 N–H and O–H groups in total. The highest BCUT2D eigenvalue weighted by Crippen LogP contribution is 2.51. The molecule has 0 heterocycles. The topological polar surface area (TPSA) is 0 Å². The second-order valence-electron chi connectivity index (χ2n) is 9.63. The Hall–Kier alpha value is -2.08. The highest BCUT2D eigenvalue weighted by atomic mass is 14.4. The van der Waals surface area contributed by atoms with E-state index >= 15 is 0 Å². The summed E-state index contributed by atoms with van der Waals surface area (Å²) in [5.41, 5.74) is 12.7. The summed E-state index contributed by atoms with van der Waals surface area (Å²) >= 11 is 0. The van der Waals surface area contributed by atoms with Crippen LogP contribution in [0, 0.1) is 0 Å². The van der Waals surface area contributed by atoms with Gasteiger partial charge in [-0.1, -0.05) is 87.4 Å². The van der Waals surface area contributed by atoms with Crippen molar-refractivity contribution in [2.24, 2.45) is 0 Å². The third-order valence-electron chi connectivity index (χ3n) is 7.34. The number of fused-ring (bicyclic) bond motifs is 6. The molecule has 5 rings (SSSR count). The van der Waals surface area contributed by atoms with Gasteiger partial charge in [0.25, 0.3) is 0 Å². The van der Waals surface area contributed by atoms with Gasteiger partial charge in [0, 0.05) is 11.8 Å². The molecular formula is C28H32. The van der Waals surface area contributed by atoms with Crippen molar-refractivity contribution < 1.29 is 0 Å². The zero-order chi connectivity index (χ0) is 19.4. The minimum Gasteiger partial charge on any atom is -0.0618 e. The summed E-state index contributed by atoms with van der Waals surface area (Å²) in [6, 6.07) is 14.0. The van der Waals surface area contributed by atoms with Crippen molar-refractivity contribution >= 4 is 12.2 Å². The molecule has 0 aliphatic heterocycles. The van der Waals surface area contributed by atoms with Crippen LogP contribution in [0.25, 0.3) is 12.2 Å². The molecule has 0 radical (unpaired) electrons. The Morgan fingerprint density at radius 2 is 1.07 bits per heavy atom. The van der Waals surface area contributed by atoms with Crippen molar-refractivity contribution in [2.75, 3.05) is 0 Å². The van der Waals surface area contributed by atoms with Crippen molar-refractivity contribution in [2.45, 2.75) is 77.0 Å². The Balaban J connectivity index is 1.51. The first kappa shape index (κ1) is 18.0. The van der Waals surface area contributed by atoms with Gasteiger partial charge in [0.2, 0.25) is 0 Å². The number of hydrogen-bond donors (Lipinski definition) is 0. The lowest BCUT2D eigenvalue weighted by Crippen LogP contribution is -2.09. The summed E-state index contributed by atoms with van der Waals surface area (Å²) in [6.45, 7) is 9.31. The highest BCUT2D eigenvalue weighted by molar-refractivity contribution is 5.72. The molecule has 28 heavy (non-hydrogen) atoms. The number of rotatable bonds is 2. The lowest BCUT2D eigenvalue weighted by atomic mass is 9.78. The SMILES string of the molecule is CC(C)c1cccc2c1C=C1CCC3=Cc4c(C(C)C)cccc4C3CCC12. The van der Waals surface area contributed by atoms with Gasteiger partial charge in [-0.15, -0.1) is 0 Å². The van der Waals surface area contributed by atoms with E-state index in [0.29, 0.717) is 23.7 Å². The molecule has 0 amide bonds. The Morgan fingerprint density at radius 3 is 1.46 bits per heavy atom. The van der Waals surface area contributed by atoms with Gasteiger partial charge in [0.1, 0.15) is 0 Å². The van der Waals surface area contributed by atoms with Crippen LogP contribution in [-0.4, -0.2) is 0 Å². The maximum atomic E-state index is 2.55. The largest absolute Gasteiger partial charge is 0.0618 e. The van der Waals surface area contributed by atoms with E-state index in [1.165, 1.54) is 36.8 Å². The predicted molar refractivity (Wildman–Crippen MR) is 121 cm³/mol. The van der Waals surface area contributed by atoms with E-state index in [2.05, 4.69) is 76.2 Å². The van der Waals surface area contributed by atoms with Gasteiger partial charge in [-0.05, 0) is 70.9 Å². The van der Waals surface area contributed by atoms with E-state index in [-0.39, 0.29) is 0 Å². The van der Waals surface area contributed by atoms with Crippen LogP contribution in [0.2, 0.25) is 0 Å². The quantitative estimate of drug-likeness (QED) is 0.501. The summed E-state index contributed by atoms with van der Waals surface area (Å²) in [5.74, 6) is 2.49. The molecule has 2 atom stereocenters. The molecule has 1 fully saturated rings. The fourth-order valence-electron chi connectivity index (χ4n) is 5.92. The first-order chi connectivity index (χ1) is 13.5. The summed E-state index contributed by atoms with van der Waals surface area (Å²) in [7, 11) is 0. The number of allylic oxidation sites excluding steroid dienone is 2. The van der Waals surface area contributed by atoms with Crippen molar-refractivity contribution in [3.05, 3.63) is 80.9 Å². The summed E-state index contributed by atoms with van der Waals surface area (Å²) in [5, 5.41) is 0. The molecule has 3 aliphatic carbocycles. The zero-order valence-corrected chi connectivity index (χ0v) is 17.8. The van der Waals surface area contributed by atoms with E-state index in [4.69, 9.17) is 0 Å². The first-order valence-electron chi connectivity index (χ1n) is 11.2. The van der Waals surface area contributed by atoms with Crippen LogP contribution in [0.15, 0.2) is 47.5 Å². The van der Waals surface area contributed by atoms with Gasteiger partial charge < -0.3 is 0 Å². The maximum absolute atomic E-state index is 2.55. The van der Waals surface area contributed by atoms with Gasteiger partial charge >= 0.3 is 0 Å². The Bertz CT molecular complexity index is 902. The molecule has 0 heteroatoms. The molecule has 144 valence electrons. The molecule has 0 aromatic heterocycles. The lowest BCUT2D eigenvalue weighted by molar-refractivity contribution is 0.561. The van der Waals surface area contributed by atoms with Gasteiger partial charge in [-0.3, -0.25) is 0 Å². The van der Waals surface area contributed by atoms with Crippen LogP contribution in [0.4, 0.5) is 0 Å². The summed E-state index contributed by atoms with van der Waals surface area (Å²) in [4.78, 5) is 0. The molecular weight excluding hydrogens is 336 g/mol. The average molecular weight is 369 g/mol. The molecule has 2 unspecified atom stereocenters. The Labute approximate surface area is 170 Å². The van der Waals surface area contributed by atoms with Crippen LogP contribution < -0.4 is 0 Å². The molecule has 0 bridgehead atoms. The molecule has 1 saturated carbocycles. The van der Waals surface area contributed by atoms with Crippen molar-refractivity contribution in [1.29, 1.82) is 0 Å². The standard InChI is InChI=1S/C28H32/c1-17(2)21-7-5-9-25-23-13-14-24-20(12-11-19(23)15-27(21)25)16-28-22(18(3)4)8-6-10-26(24)28/h5-10,15-18,23-24H,11-14H2,1-4H3. The summed E-state index contributed by atoms with van der Waals surface area (Å²) in [6.07, 6.45) is 10.1. The first-order valence-corrected chi connectivity index (χ1v) is 11.2. The third kappa shape index (κ3) is 2.72. The third-order valence-corrected chi connectivity index (χ3v) is 7.34. The minimum atomic E-state index is 0.597. The van der Waals surface area contributed by atoms with Crippen molar-refractivity contribution in [3.63, 3.8) is 0 Å². The molecule has 0 saturated heterocycles. The van der Waals surface area contributed by atoms with Crippen LogP contribution in [0.5, 0.6) is 0 Å². The fourth-order valence-corrected chi connectivity index (χ4v) is 5.92. The Morgan fingerprint density at radius 1 is 0.643 bits per heavy atom. The lowest BCUT2D eigenvalue weighted by Gasteiger charge is -2.26. The van der Waals surface area contributed by atoms with Crippen LogP contribution in [-0.2, 0) is 0 Å². The predicted octanol–water partition coefficient (Wildman–Crippen LogP) is 8.17. The normalized spacial score (nSPS) is 22.8. The van der Waals surface area contributed by atoms with Crippen molar-refractivity contribution in [3.8, 4) is 0 Å². The summed E-state index contributed by atoms with van der Waals surface area (Å²) < 4.78 is 0. The van der Waals surface area contributed by atoms with Crippen LogP contribution in [0.3, 0.4) is 0 Å². The second kappa shape index (κ2) is 6.76. The molecule has 3 aliphatic rings. The molecule has 0 nitrogen and oxygen atoms in total. The van der Waals surface area contributed by atoms with Gasteiger partial charge in [0.15, 0.2) is 0 Å². The fraction of sp³-hybridized carbons (Fsp3) is 0.429. The average Bonchev–Trinajstić information content (AvgIpc) is 3.18. The number of benzene rings is 2. The van der Waals surface area contributed by atoms with E-state index < -0.39 is 0 Å². The highest BCUT2D eigenvalue weighted by Gasteiger charge is 2.34. The molecule has 2 aromatic carbocycles. The van der Waals surface area contributed by atoms with E-state index in [1.807, 2.05) is 0 Å². The van der Waals surface area contributed by atoms with Crippen LogP contribution in [0.1, 0.15) is 110 Å². The minimum absolute atomic E-state index is 0.597. The zero-order valence-electron chi connectivity index (χ0n) is 17.8. The van der Waals surface area contributed by atoms with Gasteiger partial charge in [-0.25, -0.2) is 0 Å². The van der Waals surface area contributed by atoms with Gasteiger partial charge in [0.05, 0.1) is 0 Å². The van der Waals surface area contributed by atoms with Crippen LogP contribution >= 0.6 is 0 Å². The van der Waals surface area contributed by atoms with E-state index in [1.54, 1.807) is 33.4 Å². The van der Waals surface area contributed by atoms with E-state index in [9.17, 15) is 0 Å². The second-order valence-corrected chi connectivity index (χ2v) is 9.63. The molecule has 2 aromatic rings. The number of hydrogen-bond acceptors (Lipinski definition) is 0. The monoisotopic (exact) mass is 368 g/mol. The maximum Gasteiger partial charge on any atom is 0.00579 e. The smallest absolute Gasteiger partial charge is 0.00579 e. The van der Waals surface area contributed by atoms with Crippen molar-refractivity contribution in [1.82, 2.24) is 0 Å². The molecule has 0 spiro atoms. The Kier molecular flexibility index (Phi) is 4.34.